The average molecular weight is 313 g/mol. The molecule has 2 rings (SSSR count). The minimum absolute atomic E-state index is 0.0182. The van der Waals surface area contributed by atoms with E-state index < -0.39 is 5.82 Å². The summed E-state index contributed by atoms with van der Waals surface area (Å²) >= 11 is 11.9. The molecule has 0 atom stereocenters. The molecular formula is C15H11Cl2FO2. The number of hydrogen-bond donors (Lipinski definition) is 0. The Kier molecular flexibility index (Phi) is 4.63. The highest BCUT2D eigenvalue weighted by molar-refractivity contribution is 6.39. The Hall–Kier alpha value is -1.58. The number of rotatable bonds is 4. The van der Waals surface area contributed by atoms with E-state index in [2.05, 4.69) is 0 Å². The minimum atomic E-state index is -0.511. The lowest BCUT2D eigenvalue weighted by molar-refractivity contribution is 0.0993. The molecule has 0 spiro atoms. The highest BCUT2D eigenvalue weighted by Gasteiger charge is 2.15. The van der Waals surface area contributed by atoms with Gasteiger partial charge in [-0.05, 0) is 29.8 Å². The summed E-state index contributed by atoms with van der Waals surface area (Å²) < 4.78 is 18.4. The molecule has 2 aromatic rings. The number of carbonyl (C=O) groups is 1. The normalized spacial score (nSPS) is 10.4. The predicted molar refractivity (Wildman–Crippen MR) is 77.4 cm³/mol. The van der Waals surface area contributed by atoms with Crippen molar-refractivity contribution in [2.75, 3.05) is 7.11 Å². The van der Waals surface area contributed by atoms with Gasteiger partial charge in [-0.1, -0.05) is 35.3 Å². The summed E-state index contributed by atoms with van der Waals surface area (Å²) in [6.45, 7) is 0. The molecule has 20 heavy (non-hydrogen) atoms. The molecule has 0 N–H and O–H groups in total. The number of hydrogen-bond acceptors (Lipinski definition) is 2. The molecule has 0 aliphatic carbocycles. The van der Waals surface area contributed by atoms with E-state index in [4.69, 9.17) is 27.9 Å². The van der Waals surface area contributed by atoms with E-state index >= 15 is 0 Å². The molecule has 5 heteroatoms. The highest BCUT2D eigenvalue weighted by atomic mass is 35.5. The highest BCUT2D eigenvalue weighted by Crippen LogP contribution is 2.26. The first-order valence-electron chi connectivity index (χ1n) is 5.82. The molecule has 0 amide bonds. The topological polar surface area (TPSA) is 26.3 Å². The van der Waals surface area contributed by atoms with Crippen LogP contribution >= 0.6 is 23.2 Å². The van der Waals surface area contributed by atoms with Crippen molar-refractivity contribution in [1.29, 1.82) is 0 Å². The van der Waals surface area contributed by atoms with Crippen LogP contribution in [0.25, 0.3) is 0 Å². The largest absolute Gasteiger partial charge is 0.494 e. The SMILES string of the molecule is COc1ccc(CC(=O)c2c(Cl)cccc2Cl)cc1F. The van der Waals surface area contributed by atoms with Crippen molar-refractivity contribution in [1.82, 2.24) is 0 Å². The van der Waals surface area contributed by atoms with Crippen LogP contribution in [0.5, 0.6) is 5.75 Å². The number of benzene rings is 2. The van der Waals surface area contributed by atoms with E-state index in [9.17, 15) is 9.18 Å². The van der Waals surface area contributed by atoms with Crippen LogP contribution in [0.2, 0.25) is 10.0 Å². The van der Waals surface area contributed by atoms with E-state index in [-0.39, 0.29) is 33.6 Å². The Bertz CT molecular complexity index is 636. The molecule has 0 unspecified atom stereocenters. The molecule has 2 nitrogen and oxygen atoms in total. The molecule has 0 aromatic heterocycles. The summed E-state index contributed by atoms with van der Waals surface area (Å²) in [7, 11) is 1.38. The quantitative estimate of drug-likeness (QED) is 0.773. The maximum atomic E-state index is 13.6. The van der Waals surface area contributed by atoms with Crippen LogP contribution in [0, 0.1) is 5.82 Å². The van der Waals surface area contributed by atoms with E-state index in [1.54, 1.807) is 24.3 Å². The van der Waals surface area contributed by atoms with Crippen molar-refractivity contribution in [2.45, 2.75) is 6.42 Å². The summed E-state index contributed by atoms with van der Waals surface area (Å²) in [5.41, 5.74) is 0.788. The predicted octanol–water partition coefficient (Wildman–Crippen LogP) is 4.57. The van der Waals surface area contributed by atoms with Crippen molar-refractivity contribution in [2.24, 2.45) is 0 Å². The fraction of sp³-hybridized carbons (Fsp3) is 0.133. The van der Waals surface area contributed by atoms with Crippen LogP contribution in [-0.2, 0) is 6.42 Å². The van der Waals surface area contributed by atoms with Crippen LogP contribution < -0.4 is 4.74 Å². The summed E-state index contributed by atoms with van der Waals surface area (Å²) in [6.07, 6.45) is 0.0182. The van der Waals surface area contributed by atoms with Crippen LogP contribution in [0.1, 0.15) is 15.9 Å². The summed E-state index contributed by atoms with van der Waals surface area (Å²) in [5.74, 6) is -0.634. The first-order valence-corrected chi connectivity index (χ1v) is 6.58. The Morgan fingerprint density at radius 2 is 1.85 bits per heavy atom. The summed E-state index contributed by atoms with van der Waals surface area (Å²) in [4.78, 5) is 12.2. The molecule has 0 saturated heterocycles. The van der Waals surface area contributed by atoms with Crippen molar-refractivity contribution in [3.05, 3.63) is 63.4 Å². The zero-order chi connectivity index (χ0) is 14.7. The maximum Gasteiger partial charge on any atom is 0.170 e. The Balaban J connectivity index is 2.26. The van der Waals surface area contributed by atoms with E-state index in [1.165, 1.54) is 19.2 Å². The molecule has 104 valence electrons. The van der Waals surface area contributed by atoms with Crippen molar-refractivity contribution in [3.63, 3.8) is 0 Å². The van der Waals surface area contributed by atoms with Crippen molar-refractivity contribution < 1.29 is 13.9 Å². The number of methoxy groups -OCH3 is 1. The monoisotopic (exact) mass is 312 g/mol. The first-order chi connectivity index (χ1) is 9.52. The van der Waals surface area contributed by atoms with Crippen LogP contribution in [0.15, 0.2) is 36.4 Å². The number of ether oxygens (including phenoxy) is 1. The van der Waals surface area contributed by atoms with Gasteiger partial charge in [0.2, 0.25) is 0 Å². The van der Waals surface area contributed by atoms with E-state index in [1.807, 2.05) is 0 Å². The van der Waals surface area contributed by atoms with Crippen molar-refractivity contribution in [3.8, 4) is 5.75 Å². The van der Waals surface area contributed by atoms with Crippen LogP contribution in [0.3, 0.4) is 0 Å². The smallest absolute Gasteiger partial charge is 0.170 e. The van der Waals surface area contributed by atoms with Gasteiger partial charge in [0.15, 0.2) is 17.3 Å². The van der Waals surface area contributed by atoms with Gasteiger partial charge in [-0.15, -0.1) is 0 Å². The Morgan fingerprint density at radius 1 is 1.20 bits per heavy atom. The molecule has 0 aliphatic heterocycles. The Morgan fingerprint density at radius 3 is 2.40 bits per heavy atom. The molecule has 0 saturated carbocycles. The van der Waals surface area contributed by atoms with Crippen molar-refractivity contribution >= 4 is 29.0 Å². The number of halogens is 3. The second-order valence-corrected chi connectivity index (χ2v) is 4.98. The molecule has 0 radical (unpaired) electrons. The van der Waals surface area contributed by atoms with Gasteiger partial charge in [-0.2, -0.15) is 0 Å². The zero-order valence-corrected chi connectivity index (χ0v) is 12.1. The molecule has 0 heterocycles. The Labute approximate surface area is 126 Å². The van der Waals surface area contributed by atoms with Gasteiger partial charge in [-0.25, -0.2) is 4.39 Å². The second kappa shape index (κ2) is 6.25. The molecule has 2 aromatic carbocycles. The summed E-state index contributed by atoms with van der Waals surface area (Å²) in [5, 5.41) is 0.577. The first kappa shape index (κ1) is 14.8. The second-order valence-electron chi connectivity index (χ2n) is 4.17. The third-order valence-corrected chi connectivity index (χ3v) is 3.45. The third-order valence-electron chi connectivity index (χ3n) is 2.82. The van der Waals surface area contributed by atoms with Gasteiger partial charge in [0.05, 0.1) is 22.7 Å². The average Bonchev–Trinajstić information content (AvgIpc) is 2.38. The van der Waals surface area contributed by atoms with Gasteiger partial charge < -0.3 is 4.74 Å². The van der Waals surface area contributed by atoms with E-state index in [0.29, 0.717) is 5.56 Å². The lowest BCUT2D eigenvalue weighted by Crippen LogP contribution is -2.05. The number of carbonyl (C=O) groups excluding carboxylic acids is 1. The minimum Gasteiger partial charge on any atom is -0.494 e. The lowest BCUT2D eigenvalue weighted by Gasteiger charge is -2.07. The summed E-state index contributed by atoms with van der Waals surface area (Å²) in [6, 6.07) is 9.22. The molecule has 0 fully saturated rings. The number of Topliss-reactive ketones (excluding diaryl/α,β-unsaturated/α-hetero) is 1. The van der Waals surface area contributed by atoms with E-state index in [0.717, 1.165) is 0 Å². The van der Waals surface area contributed by atoms with Gasteiger partial charge in [0.1, 0.15) is 0 Å². The number of ketones is 1. The van der Waals surface area contributed by atoms with Gasteiger partial charge >= 0.3 is 0 Å². The van der Waals surface area contributed by atoms with Crippen LogP contribution in [0.4, 0.5) is 4.39 Å². The molecule has 0 aliphatic rings. The van der Waals surface area contributed by atoms with Crippen LogP contribution in [-0.4, -0.2) is 12.9 Å². The van der Waals surface area contributed by atoms with Gasteiger partial charge in [0.25, 0.3) is 0 Å². The van der Waals surface area contributed by atoms with Gasteiger partial charge in [0, 0.05) is 6.42 Å². The fourth-order valence-electron chi connectivity index (χ4n) is 1.86. The zero-order valence-electron chi connectivity index (χ0n) is 10.6. The third kappa shape index (κ3) is 3.11. The molecular weight excluding hydrogens is 302 g/mol. The standard InChI is InChI=1S/C15H11Cl2FO2/c1-20-14-6-5-9(7-12(14)18)8-13(19)15-10(16)3-2-4-11(15)17/h2-7H,8H2,1H3. The fourth-order valence-corrected chi connectivity index (χ4v) is 2.47. The maximum absolute atomic E-state index is 13.6. The van der Waals surface area contributed by atoms with Gasteiger partial charge in [-0.3, -0.25) is 4.79 Å². The molecule has 0 bridgehead atoms. The lowest BCUT2D eigenvalue weighted by atomic mass is 10.0.